The van der Waals surface area contributed by atoms with Crippen molar-refractivity contribution in [3.8, 4) is 5.75 Å². The second-order valence-electron chi connectivity index (χ2n) is 6.86. The molecule has 1 heteroatoms. The third kappa shape index (κ3) is 3.49. The van der Waals surface area contributed by atoms with Crippen molar-refractivity contribution in [2.45, 2.75) is 53.4 Å². The molecule has 0 heterocycles. The van der Waals surface area contributed by atoms with E-state index in [1.807, 2.05) is 0 Å². The van der Waals surface area contributed by atoms with Crippen molar-refractivity contribution in [2.24, 2.45) is 11.3 Å². The highest BCUT2D eigenvalue weighted by Gasteiger charge is 2.34. The molecule has 1 rings (SSSR count). The van der Waals surface area contributed by atoms with E-state index in [0.29, 0.717) is 17.1 Å². The quantitative estimate of drug-likeness (QED) is 0.800. The molecule has 0 saturated carbocycles. The molecule has 0 saturated heterocycles. The monoisotopic (exact) mass is 234 g/mol. The number of phenols is 1. The van der Waals surface area contributed by atoms with Crippen LogP contribution in [0.2, 0.25) is 0 Å². The summed E-state index contributed by atoms with van der Waals surface area (Å²) in [5.74, 6) is 0.918. The van der Waals surface area contributed by atoms with Crippen LogP contribution in [-0.2, 0) is 5.41 Å². The SMILES string of the molecule is CC(C)C(C)(CC(C)(C)C)c1ccc(O)cc1. The summed E-state index contributed by atoms with van der Waals surface area (Å²) in [6, 6.07) is 7.69. The lowest BCUT2D eigenvalue weighted by Gasteiger charge is -2.39. The maximum Gasteiger partial charge on any atom is 0.115 e. The van der Waals surface area contributed by atoms with Gasteiger partial charge in [-0.15, -0.1) is 0 Å². The minimum atomic E-state index is 0.159. The largest absolute Gasteiger partial charge is 0.508 e. The molecule has 0 amide bonds. The van der Waals surface area contributed by atoms with Gasteiger partial charge in [-0.05, 0) is 40.9 Å². The molecule has 17 heavy (non-hydrogen) atoms. The normalized spacial score (nSPS) is 15.9. The molecule has 0 fully saturated rings. The summed E-state index contributed by atoms with van der Waals surface area (Å²) in [5.41, 5.74) is 1.78. The lowest BCUT2D eigenvalue weighted by Crippen LogP contribution is -2.33. The number of phenolic OH excluding ortho intramolecular Hbond substituents is 1. The summed E-state index contributed by atoms with van der Waals surface area (Å²) in [7, 11) is 0. The van der Waals surface area contributed by atoms with Crippen molar-refractivity contribution >= 4 is 0 Å². The predicted molar refractivity (Wildman–Crippen MR) is 74.4 cm³/mol. The number of rotatable bonds is 3. The van der Waals surface area contributed by atoms with Gasteiger partial charge in [0, 0.05) is 0 Å². The molecule has 0 spiro atoms. The van der Waals surface area contributed by atoms with Crippen molar-refractivity contribution in [2.75, 3.05) is 0 Å². The summed E-state index contributed by atoms with van der Waals surface area (Å²) < 4.78 is 0. The smallest absolute Gasteiger partial charge is 0.115 e. The molecule has 96 valence electrons. The molecule has 1 atom stereocenters. The number of hydrogen-bond acceptors (Lipinski definition) is 1. The molecule has 1 aromatic carbocycles. The maximum absolute atomic E-state index is 9.39. The van der Waals surface area contributed by atoms with E-state index >= 15 is 0 Å². The first-order valence-corrected chi connectivity index (χ1v) is 6.45. The minimum absolute atomic E-state index is 0.159. The molecule has 0 bridgehead atoms. The van der Waals surface area contributed by atoms with Crippen LogP contribution in [0.1, 0.15) is 53.5 Å². The van der Waals surface area contributed by atoms with Crippen LogP contribution in [-0.4, -0.2) is 5.11 Å². The van der Waals surface area contributed by atoms with Crippen LogP contribution in [0.5, 0.6) is 5.75 Å². The second-order valence-corrected chi connectivity index (χ2v) is 6.86. The molecule has 1 N–H and O–H groups in total. The third-order valence-corrected chi connectivity index (χ3v) is 3.70. The molecule has 0 aliphatic rings. The molecular formula is C16H26O. The predicted octanol–water partition coefficient (Wildman–Crippen LogP) is 4.74. The van der Waals surface area contributed by atoms with Crippen molar-refractivity contribution in [1.29, 1.82) is 0 Å². The van der Waals surface area contributed by atoms with E-state index < -0.39 is 0 Å². The first-order chi connectivity index (χ1) is 7.65. The topological polar surface area (TPSA) is 20.2 Å². The second kappa shape index (κ2) is 4.72. The summed E-state index contributed by atoms with van der Waals surface area (Å²) in [4.78, 5) is 0. The van der Waals surface area contributed by atoms with E-state index in [-0.39, 0.29) is 5.41 Å². The zero-order valence-electron chi connectivity index (χ0n) is 12.0. The highest BCUT2D eigenvalue weighted by atomic mass is 16.3. The van der Waals surface area contributed by atoms with E-state index in [1.165, 1.54) is 5.56 Å². The Bertz CT molecular complexity index is 356. The van der Waals surface area contributed by atoms with Gasteiger partial charge in [-0.3, -0.25) is 0 Å². The zero-order valence-corrected chi connectivity index (χ0v) is 12.0. The van der Waals surface area contributed by atoms with Gasteiger partial charge in [0.05, 0.1) is 0 Å². The molecular weight excluding hydrogens is 208 g/mol. The van der Waals surface area contributed by atoms with E-state index in [1.54, 1.807) is 12.1 Å². The molecule has 1 aromatic rings. The summed E-state index contributed by atoms with van der Waals surface area (Å²) >= 11 is 0. The molecule has 1 unspecified atom stereocenters. The summed E-state index contributed by atoms with van der Waals surface area (Å²) in [5, 5.41) is 9.39. The fourth-order valence-electron chi connectivity index (χ4n) is 2.58. The van der Waals surface area contributed by atoms with Crippen molar-refractivity contribution < 1.29 is 5.11 Å². The van der Waals surface area contributed by atoms with Gasteiger partial charge in [-0.1, -0.05) is 53.7 Å². The minimum Gasteiger partial charge on any atom is -0.508 e. The Hall–Kier alpha value is -0.980. The Kier molecular flexibility index (Phi) is 3.91. The Balaban J connectivity index is 3.12. The Morgan fingerprint density at radius 2 is 1.47 bits per heavy atom. The maximum atomic E-state index is 9.39. The molecule has 1 nitrogen and oxygen atoms in total. The van der Waals surface area contributed by atoms with Gasteiger partial charge in [0.15, 0.2) is 0 Å². The number of benzene rings is 1. The zero-order chi connectivity index (χ0) is 13.3. The standard InChI is InChI=1S/C16H26O/c1-12(2)16(6,11-15(3,4)5)13-7-9-14(17)10-8-13/h7-10,12,17H,11H2,1-6H3. The van der Waals surface area contributed by atoms with Crippen molar-refractivity contribution in [3.05, 3.63) is 29.8 Å². The first kappa shape index (κ1) is 14.1. The fraction of sp³-hybridized carbons (Fsp3) is 0.625. The lowest BCUT2D eigenvalue weighted by molar-refractivity contribution is 0.212. The first-order valence-electron chi connectivity index (χ1n) is 6.45. The summed E-state index contributed by atoms with van der Waals surface area (Å²) in [6.45, 7) is 13.7. The number of hydrogen-bond donors (Lipinski definition) is 1. The average Bonchev–Trinajstić information content (AvgIpc) is 2.15. The van der Waals surface area contributed by atoms with Crippen LogP contribution in [0.15, 0.2) is 24.3 Å². The van der Waals surface area contributed by atoms with Crippen LogP contribution in [0.4, 0.5) is 0 Å². The average molecular weight is 234 g/mol. The van der Waals surface area contributed by atoms with Crippen LogP contribution in [0.25, 0.3) is 0 Å². The van der Waals surface area contributed by atoms with Crippen molar-refractivity contribution in [3.63, 3.8) is 0 Å². The van der Waals surface area contributed by atoms with Crippen LogP contribution >= 0.6 is 0 Å². The van der Waals surface area contributed by atoms with E-state index in [4.69, 9.17) is 0 Å². The van der Waals surface area contributed by atoms with Gasteiger partial charge >= 0.3 is 0 Å². The Morgan fingerprint density at radius 1 is 1.00 bits per heavy atom. The van der Waals surface area contributed by atoms with Gasteiger partial charge < -0.3 is 5.11 Å². The molecule has 0 aliphatic carbocycles. The summed E-state index contributed by atoms with van der Waals surface area (Å²) in [6.07, 6.45) is 1.14. The van der Waals surface area contributed by atoms with Crippen LogP contribution in [0, 0.1) is 11.3 Å². The van der Waals surface area contributed by atoms with Gasteiger partial charge in [-0.2, -0.15) is 0 Å². The Morgan fingerprint density at radius 3 is 1.82 bits per heavy atom. The molecule has 0 aromatic heterocycles. The third-order valence-electron chi connectivity index (χ3n) is 3.70. The molecule has 0 radical (unpaired) electrons. The highest BCUT2D eigenvalue weighted by molar-refractivity contribution is 5.31. The number of aromatic hydroxyl groups is 1. The Labute approximate surface area is 106 Å². The van der Waals surface area contributed by atoms with Gasteiger partial charge in [0.2, 0.25) is 0 Å². The van der Waals surface area contributed by atoms with Gasteiger partial charge in [0.25, 0.3) is 0 Å². The van der Waals surface area contributed by atoms with Gasteiger partial charge in [-0.25, -0.2) is 0 Å². The fourth-order valence-corrected chi connectivity index (χ4v) is 2.58. The van der Waals surface area contributed by atoms with E-state index in [0.717, 1.165) is 6.42 Å². The van der Waals surface area contributed by atoms with E-state index in [9.17, 15) is 5.11 Å². The van der Waals surface area contributed by atoms with Gasteiger partial charge in [0.1, 0.15) is 5.75 Å². The van der Waals surface area contributed by atoms with Crippen LogP contribution < -0.4 is 0 Å². The highest BCUT2D eigenvalue weighted by Crippen LogP contribution is 2.42. The lowest BCUT2D eigenvalue weighted by atomic mass is 9.65. The molecule has 0 aliphatic heterocycles. The van der Waals surface area contributed by atoms with Crippen molar-refractivity contribution in [1.82, 2.24) is 0 Å². The van der Waals surface area contributed by atoms with Crippen LogP contribution in [0.3, 0.4) is 0 Å². The van der Waals surface area contributed by atoms with E-state index in [2.05, 4.69) is 53.7 Å².